The van der Waals surface area contributed by atoms with E-state index in [1.54, 1.807) is 4.57 Å². The molecule has 1 aromatic rings. The summed E-state index contributed by atoms with van der Waals surface area (Å²) in [4.78, 5) is 15.6. The third-order valence-corrected chi connectivity index (χ3v) is 2.48. The number of nitrogens with two attached hydrogens (primary N) is 1. The zero-order valence-corrected chi connectivity index (χ0v) is 7.66. The van der Waals surface area contributed by atoms with E-state index in [1.807, 2.05) is 0 Å². The van der Waals surface area contributed by atoms with Crippen LogP contribution in [0, 0.1) is 5.92 Å². The van der Waals surface area contributed by atoms with Crippen molar-refractivity contribution in [2.75, 3.05) is 5.73 Å². The first-order valence-corrected chi connectivity index (χ1v) is 4.53. The number of fused-ring (bicyclic) bond motifs is 1. The fourth-order valence-corrected chi connectivity index (χ4v) is 1.73. The maximum Gasteiger partial charge on any atom is 0.255 e. The SMILES string of the molecule is CC1CCn2c(nc(N)cc2=O)C1. The molecule has 0 spiro atoms. The molecule has 2 N–H and O–H groups in total. The molecule has 0 saturated carbocycles. The summed E-state index contributed by atoms with van der Waals surface area (Å²) in [6.07, 6.45) is 1.92. The molecule has 0 aliphatic carbocycles. The molecule has 4 heteroatoms. The van der Waals surface area contributed by atoms with Gasteiger partial charge in [-0.3, -0.25) is 9.36 Å². The van der Waals surface area contributed by atoms with E-state index in [-0.39, 0.29) is 5.56 Å². The minimum absolute atomic E-state index is 0.0191. The molecule has 0 bridgehead atoms. The van der Waals surface area contributed by atoms with Gasteiger partial charge in [-0.2, -0.15) is 0 Å². The second-order valence-corrected chi connectivity index (χ2v) is 3.69. The summed E-state index contributed by atoms with van der Waals surface area (Å²) >= 11 is 0. The van der Waals surface area contributed by atoms with E-state index >= 15 is 0 Å². The lowest BCUT2D eigenvalue weighted by atomic mass is 10.00. The van der Waals surface area contributed by atoms with Crippen LogP contribution < -0.4 is 11.3 Å². The summed E-state index contributed by atoms with van der Waals surface area (Å²) in [7, 11) is 0. The van der Waals surface area contributed by atoms with Gasteiger partial charge in [-0.15, -0.1) is 0 Å². The molecule has 1 aliphatic rings. The van der Waals surface area contributed by atoms with Gasteiger partial charge >= 0.3 is 0 Å². The van der Waals surface area contributed by atoms with Crippen LogP contribution in [0.3, 0.4) is 0 Å². The van der Waals surface area contributed by atoms with Gasteiger partial charge in [0.15, 0.2) is 0 Å². The number of hydrogen-bond acceptors (Lipinski definition) is 3. The van der Waals surface area contributed by atoms with Gasteiger partial charge in [0, 0.05) is 19.0 Å². The van der Waals surface area contributed by atoms with Gasteiger partial charge in [0.1, 0.15) is 11.6 Å². The van der Waals surface area contributed by atoms with Crippen molar-refractivity contribution in [1.29, 1.82) is 0 Å². The molecule has 1 aromatic heterocycles. The quantitative estimate of drug-likeness (QED) is 0.627. The standard InChI is InChI=1S/C9H13N3O/c1-6-2-3-12-8(4-6)11-7(10)5-9(12)13/h5-6H,2-4,10H2,1H3. The van der Waals surface area contributed by atoms with Gasteiger partial charge in [-0.25, -0.2) is 4.98 Å². The van der Waals surface area contributed by atoms with Crippen molar-refractivity contribution in [2.45, 2.75) is 26.3 Å². The van der Waals surface area contributed by atoms with E-state index in [4.69, 9.17) is 5.73 Å². The Morgan fingerprint density at radius 3 is 3.23 bits per heavy atom. The van der Waals surface area contributed by atoms with Crippen LogP contribution in [-0.2, 0) is 13.0 Å². The molecular weight excluding hydrogens is 166 g/mol. The van der Waals surface area contributed by atoms with Crippen molar-refractivity contribution in [3.63, 3.8) is 0 Å². The zero-order chi connectivity index (χ0) is 9.42. The fourth-order valence-electron chi connectivity index (χ4n) is 1.73. The summed E-state index contributed by atoms with van der Waals surface area (Å²) in [5.41, 5.74) is 5.48. The Balaban J connectivity index is 2.53. The van der Waals surface area contributed by atoms with Crippen LogP contribution in [0.5, 0.6) is 0 Å². The van der Waals surface area contributed by atoms with Gasteiger partial charge < -0.3 is 5.73 Å². The van der Waals surface area contributed by atoms with Crippen molar-refractivity contribution in [3.05, 3.63) is 22.2 Å². The Bertz CT molecular complexity index is 383. The first-order chi connectivity index (χ1) is 6.16. The Labute approximate surface area is 76.4 Å². The Morgan fingerprint density at radius 1 is 1.69 bits per heavy atom. The summed E-state index contributed by atoms with van der Waals surface area (Å²) in [5.74, 6) is 1.78. The summed E-state index contributed by atoms with van der Waals surface area (Å²) < 4.78 is 1.72. The molecular formula is C9H13N3O. The molecule has 0 amide bonds. The smallest absolute Gasteiger partial charge is 0.255 e. The number of nitrogen functional groups attached to an aromatic ring is 1. The van der Waals surface area contributed by atoms with Gasteiger partial charge in [-0.1, -0.05) is 6.92 Å². The lowest BCUT2D eigenvalue weighted by Crippen LogP contribution is -2.30. The third-order valence-electron chi connectivity index (χ3n) is 2.48. The molecule has 4 nitrogen and oxygen atoms in total. The molecule has 70 valence electrons. The number of anilines is 1. The predicted molar refractivity (Wildman–Crippen MR) is 50.4 cm³/mol. The average Bonchev–Trinajstić information content (AvgIpc) is 2.02. The summed E-state index contributed by atoms with van der Waals surface area (Å²) in [5, 5.41) is 0. The molecule has 1 unspecified atom stereocenters. The summed E-state index contributed by atoms with van der Waals surface area (Å²) in [6.45, 7) is 2.95. The van der Waals surface area contributed by atoms with Gasteiger partial charge in [0.05, 0.1) is 0 Å². The van der Waals surface area contributed by atoms with E-state index < -0.39 is 0 Å². The van der Waals surface area contributed by atoms with E-state index in [1.165, 1.54) is 6.07 Å². The van der Waals surface area contributed by atoms with Crippen LogP contribution in [0.15, 0.2) is 10.9 Å². The van der Waals surface area contributed by atoms with Crippen molar-refractivity contribution >= 4 is 5.82 Å². The third kappa shape index (κ3) is 1.43. The molecule has 1 aliphatic heterocycles. The molecule has 0 saturated heterocycles. The highest BCUT2D eigenvalue weighted by Crippen LogP contribution is 2.16. The van der Waals surface area contributed by atoms with E-state index in [9.17, 15) is 4.79 Å². The lowest BCUT2D eigenvalue weighted by Gasteiger charge is -2.21. The lowest BCUT2D eigenvalue weighted by molar-refractivity contribution is 0.395. The highest BCUT2D eigenvalue weighted by Gasteiger charge is 2.16. The first kappa shape index (κ1) is 8.29. The fraction of sp³-hybridized carbons (Fsp3) is 0.556. The maximum absolute atomic E-state index is 11.4. The van der Waals surface area contributed by atoms with Crippen LogP contribution >= 0.6 is 0 Å². The Morgan fingerprint density at radius 2 is 2.46 bits per heavy atom. The molecule has 0 fully saturated rings. The minimum atomic E-state index is -0.0191. The minimum Gasteiger partial charge on any atom is -0.383 e. The van der Waals surface area contributed by atoms with Gasteiger partial charge in [0.25, 0.3) is 5.56 Å². The largest absolute Gasteiger partial charge is 0.383 e. The van der Waals surface area contributed by atoms with Crippen LogP contribution in [0.2, 0.25) is 0 Å². The number of aromatic nitrogens is 2. The normalized spacial score (nSPS) is 21.2. The van der Waals surface area contributed by atoms with Crippen LogP contribution in [0.25, 0.3) is 0 Å². The maximum atomic E-state index is 11.4. The highest BCUT2D eigenvalue weighted by atomic mass is 16.1. The van der Waals surface area contributed by atoms with Gasteiger partial charge in [0.2, 0.25) is 0 Å². The molecule has 0 radical (unpaired) electrons. The molecule has 2 heterocycles. The highest BCUT2D eigenvalue weighted by molar-refractivity contribution is 5.26. The molecule has 0 aromatic carbocycles. The average molecular weight is 179 g/mol. The van der Waals surface area contributed by atoms with Crippen LogP contribution in [0.1, 0.15) is 19.2 Å². The van der Waals surface area contributed by atoms with Crippen molar-refractivity contribution < 1.29 is 0 Å². The molecule has 1 atom stereocenters. The Hall–Kier alpha value is -1.32. The first-order valence-electron chi connectivity index (χ1n) is 4.53. The van der Waals surface area contributed by atoms with E-state index in [0.29, 0.717) is 11.7 Å². The van der Waals surface area contributed by atoms with Gasteiger partial charge in [-0.05, 0) is 12.3 Å². The summed E-state index contributed by atoms with van der Waals surface area (Å²) in [6, 6.07) is 1.39. The molecule has 13 heavy (non-hydrogen) atoms. The van der Waals surface area contributed by atoms with Crippen LogP contribution in [-0.4, -0.2) is 9.55 Å². The van der Waals surface area contributed by atoms with Crippen molar-refractivity contribution in [3.8, 4) is 0 Å². The number of rotatable bonds is 0. The number of nitrogens with zero attached hydrogens (tertiary/aromatic N) is 2. The monoisotopic (exact) mass is 179 g/mol. The second-order valence-electron chi connectivity index (χ2n) is 3.69. The zero-order valence-electron chi connectivity index (χ0n) is 7.66. The van der Waals surface area contributed by atoms with E-state index in [2.05, 4.69) is 11.9 Å². The van der Waals surface area contributed by atoms with Crippen molar-refractivity contribution in [1.82, 2.24) is 9.55 Å². The predicted octanol–water partition coefficient (Wildman–Crippen LogP) is 0.408. The second kappa shape index (κ2) is 2.87. The topological polar surface area (TPSA) is 60.9 Å². The van der Waals surface area contributed by atoms with Crippen molar-refractivity contribution in [2.24, 2.45) is 5.92 Å². The molecule has 2 rings (SSSR count). The van der Waals surface area contributed by atoms with Crippen LogP contribution in [0.4, 0.5) is 5.82 Å². The Kier molecular flexibility index (Phi) is 1.83. The number of hydrogen-bond donors (Lipinski definition) is 1. The van der Waals surface area contributed by atoms with E-state index in [0.717, 1.165) is 25.2 Å².